The lowest BCUT2D eigenvalue weighted by molar-refractivity contribution is -0.313. The molecule has 22 heavy (non-hydrogen) atoms. The lowest BCUT2D eigenvalue weighted by Gasteiger charge is -2.28. The second-order valence-electron chi connectivity index (χ2n) is 5.32. The largest absolute Gasteiger partial charge is 0.550 e. The fourth-order valence-electron chi connectivity index (χ4n) is 2.58. The van der Waals surface area contributed by atoms with Gasteiger partial charge in [-0.05, 0) is 32.3 Å². The number of aryl methyl sites for hydroxylation is 1. The predicted octanol–water partition coefficient (Wildman–Crippen LogP) is 0.735. The highest BCUT2D eigenvalue weighted by Gasteiger charge is 2.31. The summed E-state index contributed by atoms with van der Waals surface area (Å²) in [5.74, 6) is -3.85. The van der Waals surface area contributed by atoms with Crippen molar-refractivity contribution in [3.63, 3.8) is 0 Å². The van der Waals surface area contributed by atoms with E-state index in [1.165, 1.54) is 11.3 Å². The van der Waals surface area contributed by atoms with Crippen molar-refractivity contribution in [1.29, 1.82) is 0 Å². The van der Waals surface area contributed by atoms with E-state index in [1.54, 1.807) is 19.1 Å². The highest BCUT2D eigenvalue weighted by atomic mass is 32.1. The van der Waals surface area contributed by atoms with Crippen LogP contribution in [0.4, 0.5) is 5.00 Å². The number of anilines is 1. The molecule has 0 radical (unpaired) electrons. The number of carbonyl (C=O) groups is 3. The Bertz CT molecular complexity index is 663. The van der Waals surface area contributed by atoms with Crippen LogP contribution in [0, 0.1) is 25.7 Å². The summed E-state index contributed by atoms with van der Waals surface area (Å²) < 4.78 is 0. The van der Waals surface area contributed by atoms with Crippen LogP contribution in [0.5, 0.6) is 0 Å². The number of allylic oxidation sites excluding steroid dienone is 2. The van der Waals surface area contributed by atoms with Gasteiger partial charge in [0, 0.05) is 16.8 Å². The molecule has 118 valence electrons. The Hall–Kier alpha value is -2.15. The molecule has 6 nitrogen and oxygen atoms in total. The molecule has 0 fully saturated rings. The molecular formula is C15H17N2O4S-. The summed E-state index contributed by atoms with van der Waals surface area (Å²) in [6, 6.07) is 0. The van der Waals surface area contributed by atoms with E-state index in [1.807, 2.05) is 6.92 Å². The van der Waals surface area contributed by atoms with Gasteiger partial charge in [-0.3, -0.25) is 9.59 Å². The van der Waals surface area contributed by atoms with E-state index < -0.39 is 29.6 Å². The van der Waals surface area contributed by atoms with Gasteiger partial charge in [0.05, 0.1) is 11.5 Å². The number of hydrogen-bond acceptors (Lipinski definition) is 5. The van der Waals surface area contributed by atoms with Crippen LogP contribution in [0.15, 0.2) is 12.2 Å². The summed E-state index contributed by atoms with van der Waals surface area (Å²) in [4.78, 5) is 36.0. The summed E-state index contributed by atoms with van der Waals surface area (Å²) in [5.41, 5.74) is 6.37. The van der Waals surface area contributed by atoms with Gasteiger partial charge in [0.25, 0.3) is 5.91 Å². The Morgan fingerprint density at radius 2 is 1.82 bits per heavy atom. The lowest BCUT2D eigenvalue weighted by atomic mass is 9.82. The fraction of sp³-hybridized carbons (Fsp3) is 0.400. The molecule has 1 aliphatic rings. The van der Waals surface area contributed by atoms with Crippen molar-refractivity contribution in [1.82, 2.24) is 0 Å². The van der Waals surface area contributed by atoms with Gasteiger partial charge in [-0.15, -0.1) is 11.3 Å². The van der Waals surface area contributed by atoms with Gasteiger partial charge >= 0.3 is 0 Å². The zero-order valence-electron chi connectivity index (χ0n) is 12.3. The average molecular weight is 321 g/mol. The Balaban J connectivity index is 2.25. The number of rotatable bonds is 4. The van der Waals surface area contributed by atoms with Gasteiger partial charge in [0.2, 0.25) is 5.91 Å². The van der Waals surface area contributed by atoms with Gasteiger partial charge in [-0.1, -0.05) is 12.2 Å². The van der Waals surface area contributed by atoms with Crippen molar-refractivity contribution in [2.75, 3.05) is 5.32 Å². The quantitative estimate of drug-likeness (QED) is 0.796. The molecule has 2 atom stereocenters. The molecule has 0 unspecified atom stereocenters. The SMILES string of the molecule is Cc1sc(NC(=O)[C@@H]2CC=CC[C@H]2C(=O)[O-])c(C(N)=O)c1C. The minimum Gasteiger partial charge on any atom is -0.550 e. The van der Waals surface area contributed by atoms with Gasteiger partial charge in [-0.25, -0.2) is 0 Å². The van der Waals surface area contributed by atoms with Crippen LogP contribution in [0.3, 0.4) is 0 Å². The van der Waals surface area contributed by atoms with Gasteiger partial charge < -0.3 is 21.0 Å². The standard InChI is InChI=1S/C15H18N2O4S/c1-7-8(2)22-14(11(7)12(16)18)17-13(19)9-5-3-4-6-10(9)15(20)21/h3-4,9-10H,5-6H2,1-2H3,(H2,16,18)(H,17,19)(H,20,21)/p-1/t9-,10-/m1/s1. The first-order valence-corrected chi connectivity index (χ1v) is 7.71. The molecule has 1 heterocycles. The maximum absolute atomic E-state index is 12.4. The first kappa shape index (κ1) is 16.2. The van der Waals surface area contributed by atoms with E-state index in [0.717, 1.165) is 10.4 Å². The van der Waals surface area contributed by atoms with E-state index in [-0.39, 0.29) is 12.0 Å². The second kappa shape index (κ2) is 6.31. The number of carboxylic acid groups (broad SMARTS) is 1. The summed E-state index contributed by atoms with van der Waals surface area (Å²) >= 11 is 1.26. The Morgan fingerprint density at radius 3 is 2.36 bits per heavy atom. The van der Waals surface area contributed by atoms with Crippen molar-refractivity contribution >= 4 is 34.1 Å². The van der Waals surface area contributed by atoms with Crippen molar-refractivity contribution in [3.8, 4) is 0 Å². The number of nitrogens with one attached hydrogen (secondary N) is 1. The Kier molecular flexibility index (Phi) is 4.65. The normalized spacial score (nSPS) is 20.6. The van der Waals surface area contributed by atoms with Crippen LogP contribution >= 0.6 is 11.3 Å². The van der Waals surface area contributed by atoms with Crippen molar-refractivity contribution in [2.45, 2.75) is 26.7 Å². The number of hydrogen-bond donors (Lipinski definition) is 2. The number of aliphatic carboxylic acids is 1. The number of carbonyl (C=O) groups excluding carboxylic acids is 3. The summed E-state index contributed by atoms with van der Waals surface area (Å²) in [6.07, 6.45) is 4.12. The highest BCUT2D eigenvalue weighted by molar-refractivity contribution is 7.16. The van der Waals surface area contributed by atoms with Crippen molar-refractivity contribution < 1.29 is 19.5 Å². The Morgan fingerprint density at radius 1 is 1.23 bits per heavy atom. The average Bonchev–Trinajstić information content (AvgIpc) is 2.73. The minimum atomic E-state index is -1.24. The van der Waals surface area contributed by atoms with Crippen molar-refractivity contribution in [3.05, 3.63) is 28.2 Å². The first-order chi connectivity index (χ1) is 10.3. The number of primary amides is 1. The predicted molar refractivity (Wildman–Crippen MR) is 81.3 cm³/mol. The zero-order chi connectivity index (χ0) is 16.4. The van der Waals surface area contributed by atoms with Gasteiger partial charge in [-0.2, -0.15) is 0 Å². The van der Waals surface area contributed by atoms with Gasteiger partial charge in [0.15, 0.2) is 0 Å². The molecule has 0 saturated carbocycles. The van der Waals surface area contributed by atoms with E-state index in [0.29, 0.717) is 11.4 Å². The topological polar surface area (TPSA) is 112 Å². The third kappa shape index (κ3) is 3.04. The molecule has 0 bridgehead atoms. The molecule has 7 heteroatoms. The maximum Gasteiger partial charge on any atom is 0.251 e. The second-order valence-corrected chi connectivity index (χ2v) is 6.54. The molecule has 0 saturated heterocycles. The number of amides is 2. The van der Waals surface area contributed by atoms with Crippen LogP contribution in [0.1, 0.15) is 33.6 Å². The number of nitrogens with two attached hydrogens (primary N) is 1. The Labute approximate surface area is 132 Å². The summed E-state index contributed by atoms with van der Waals surface area (Å²) in [7, 11) is 0. The van der Waals surface area contributed by atoms with Crippen LogP contribution in [0.2, 0.25) is 0 Å². The molecule has 1 aromatic rings. The molecule has 0 aliphatic heterocycles. The van der Waals surface area contributed by atoms with E-state index in [2.05, 4.69) is 5.32 Å². The highest BCUT2D eigenvalue weighted by Crippen LogP contribution is 2.34. The smallest absolute Gasteiger partial charge is 0.251 e. The molecule has 3 N–H and O–H groups in total. The van der Waals surface area contributed by atoms with E-state index in [4.69, 9.17) is 5.73 Å². The van der Waals surface area contributed by atoms with Crippen LogP contribution in [-0.2, 0) is 9.59 Å². The van der Waals surface area contributed by atoms with Crippen LogP contribution in [-0.4, -0.2) is 17.8 Å². The molecular weight excluding hydrogens is 304 g/mol. The van der Waals surface area contributed by atoms with Crippen LogP contribution < -0.4 is 16.2 Å². The first-order valence-electron chi connectivity index (χ1n) is 6.89. The lowest BCUT2D eigenvalue weighted by Crippen LogP contribution is -2.41. The monoisotopic (exact) mass is 321 g/mol. The summed E-state index contributed by atoms with van der Waals surface area (Å²) in [5, 5.41) is 14.2. The molecule has 1 aromatic heterocycles. The third-order valence-electron chi connectivity index (χ3n) is 3.94. The number of thiophene rings is 1. The molecule has 1 aliphatic carbocycles. The molecule has 0 aromatic carbocycles. The van der Waals surface area contributed by atoms with Crippen molar-refractivity contribution in [2.24, 2.45) is 17.6 Å². The zero-order valence-corrected chi connectivity index (χ0v) is 13.2. The third-order valence-corrected chi connectivity index (χ3v) is 5.06. The maximum atomic E-state index is 12.4. The number of carboxylic acids is 1. The summed E-state index contributed by atoms with van der Waals surface area (Å²) in [6.45, 7) is 3.59. The van der Waals surface area contributed by atoms with E-state index >= 15 is 0 Å². The fourth-order valence-corrected chi connectivity index (χ4v) is 3.65. The molecule has 2 amide bonds. The van der Waals surface area contributed by atoms with Crippen LogP contribution in [0.25, 0.3) is 0 Å². The van der Waals surface area contributed by atoms with Gasteiger partial charge in [0.1, 0.15) is 5.00 Å². The molecule has 2 rings (SSSR count). The van der Waals surface area contributed by atoms with E-state index in [9.17, 15) is 19.5 Å². The molecule has 0 spiro atoms. The minimum absolute atomic E-state index is 0.269.